The fourth-order valence-electron chi connectivity index (χ4n) is 1.57. The number of esters is 1. The molecule has 1 rings (SSSR count). The Balaban J connectivity index is 2.90. The molecule has 1 atom stereocenters. The van der Waals surface area contributed by atoms with Crippen molar-refractivity contribution in [3.63, 3.8) is 0 Å². The standard InChI is InChI=1S/C11H17N3O4S/c1-7-5-9(12-8(2)6-19(4,16)17)14-10(13-7)11(15)18-3/h5,8H,6H2,1-4H3,(H,12,13,14). The molecule has 0 aliphatic heterocycles. The van der Waals surface area contributed by atoms with Crippen LogP contribution in [-0.4, -0.2) is 49.5 Å². The van der Waals surface area contributed by atoms with Crippen molar-refractivity contribution in [2.24, 2.45) is 0 Å². The summed E-state index contributed by atoms with van der Waals surface area (Å²) in [5.74, 6) is -0.327. The van der Waals surface area contributed by atoms with Crippen molar-refractivity contribution in [1.82, 2.24) is 9.97 Å². The highest BCUT2D eigenvalue weighted by Gasteiger charge is 2.14. The maximum atomic E-state index is 11.4. The summed E-state index contributed by atoms with van der Waals surface area (Å²) in [6.45, 7) is 3.43. The van der Waals surface area contributed by atoms with Crippen LogP contribution in [0.4, 0.5) is 5.82 Å². The first-order valence-electron chi connectivity index (χ1n) is 5.59. The number of anilines is 1. The summed E-state index contributed by atoms with van der Waals surface area (Å²) in [7, 11) is -1.84. The van der Waals surface area contributed by atoms with E-state index in [1.807, 2.05) is 0 Å². The van der Waals surface area contributed by atoms with E-state index in [1.54, 1.807) is 19.9 Å². The molecule has 1 aromatic heterocycles. The summed E-state index contributed by atoms with van der Waals surface area (Å²) in [6, 6.07) is 1.31. The van der Waals surface area contributed by atoms with Gasteiger partial charge in [-0.05, 0) is 13.8 Å². The lowest BCUT2D eigenvalue weighted by Crippen LogP contribution is -2.26. The van der Waals surface area contributed by atoms with Crippen molar-refractivity contribution in [3.8, 4) is 0 Å². The van der Waals surface area contributed by atoms with Gasteiger partial charge in [-0.3, -0.25) is 0 Å². The number of methoxy groups -OCH3 is 1. The average molecular weight is 287 g/mol. The van der Waals surface area contributed by atoms with E-state index in [1.165, 1.54) is 7.11 Å². The number of rotatable bonds is 5. The number of carbonyl (C=O) groups is 1. The lowest BCUT2D eigenvalue weighted by Gasteiger charge is -2.14. The molecule has 1 unspecified atom stereocenters. The molecule has 106 valence electrons. The van der Waals surface area contributed by atoms with Crippen LogP contribution in [0.15, 0.2) is 6.07 Å². The molecule has 1 N–H and O–H groups in total. The van der Waals surface area contributed by atoms with Crippen LogP contribution < -0.4 is 5.32 Å². The van der Waals surface area contributed by atoms with E-state index in [0.717, 1.165) is 6.26 Å². The number of aryl methyl sites for hydroxylation is 1. The van der Waals surface area contributed by atoms with E-state index in [0.29, 0.717) is 11.5 Å². The summed E-state index contributed by atoms with van der Waals surface area (Å²) < 4.78 is 26.9. The zero-order valence-corrected chi connectivity index (χ0v) is 12.1. The quantitative estimate of drug-likeness (QED) is 0.783. The van der Waals surface area contributed by atoms with Gasteiger partial charge in [0.15, 0.2) is 0 Å². The Bertz CT molecular complexity index is 571. The second-order valence-corrected chi connectivity index (χ2v) is 6.53. The Morgan fingerprint density at radius 2 is 2.11 bits per heavy atom. The number of nitrogens with one attached hydrogen (secondary N) is 1. The van der Waals surface area contributed by atoms with Crippen molar-refractivity contribution in [2.45, 2.75) is 19.9 Å². The second kappa shape index (κ2) is 5.96. The van der Waals surface area contributed by atoms with E-state index in [-0.39, 0.29) is 17.6 Å². The number of nitrogens with zero attached hydrogens (tertiary/aromatic N) is 2. The monoisotopic (exact) mass is 287 g/mol. The van der Waals surface area contributed by atoms with Crippen LogP contribution in [0.5, 0.6) is 0 Å². The molecule has 0 saturated heterocycles. The molecule has 0 aliphatic carbocycles. The van der Waals surface area contributed by atoms with Gasteiger partial charge in [-0.2, -0.15) is 0 Å². The zero-order valence-electron chi connectivity index (χ0n) is 11.3. The third-order valence-electron chi connectivity index (χ3n) is 2.17. The van der Waals surface area contributed by atoms with Crippen molar-refractivity contribution < 1.29 is 17.9 Å². The molecule has 1 heterocycles. The van der Waals surface area contributed by atoms with Crippen molar-refractivity contribution in [3.05, 3.63) is 17.6 Å². The van der Waals surface area contributed by atoms with E-state index >= 15 is 0 Å². The normalized spacial score (nSPS) is 12.8. The summed E-state index contributed by atoms with van der Waals surface area (Å²) >= 11 is 0. The van der Waals surface area contributed by atoms with Crippen molar-refractivity contribution in [2.75, 3.05) is 24.4 Å². The Kier molecular flexibility index (Phi) is 4.82. The van der Waals surface area contributed by atoms with Gasteiger partial charge in [0.05, 0.1) is 12.9 Å². The van der Waals surface area contributed by atoms with E-state index in [4.69, 9.17) is 0 Å². The first kappa shape index (κ1) is 15.4. The van der Waals surface area contributed by atoms with E-state index < -0.39 is 15.8 Å². The average Bonchev–Trinajstić information content (AvgIpc) is 2.24. The number of sulfone groups is 1. The molecule has 0 bridgehead atoms. The lowest BCUT2D eigenvalue weighted by molar-refractivity contribution is 0.0586. The van der Waals surface area contributed by atoms with Gasteiger partial charge in [0.2, 0.25) is 5.82 Å². The second-order valence-electron chi connectivity index (χ2n) is 4.35. The predicted octanol–water partition coefficient (Wildman–Crippen LogP) is 0.417. The highest BCUT2D eigenvalue weighted by molar-refractivity contribution is 7.90. The zero-order chi connectivity index (χ0) is 14.6. The maximum Gasteiger partial charge on any atom is 0.376 e. The van der Waals surface area contributed by atoms with Gasteiger partial charge in [-0.25, -0.2) is 23.2 Å². The Labute approximate surface area is 112 Å². The van der Waals surface area contributed by atoms with Crippen LogP contribution in [0.3, 0.4) is 0 Å². The van der Waals surface area contributed by atoms with Gasteiger partial charge >= 0.3 is 5.97 Å². The number of hydrogen-bond donors (Lipinski definition) is 1. The Morgan fingerprint density at radius 1 is 1.47 bits per heavy atom. The third-order valence-corrected chi connectivity index (χ3v) is 3.27. The minimum absolute atomic E-state index is 0.0242. The Hall–Kier alpha value is -1.70. The largest absolute Gasteiger partial charge is 0.463 e. The summed E-state index contributed by atoms with van der Waals surface area (Å²) in [5, 5.41) is 2.92. The minimum Gasteiger partial charge on any atom is -0.463 e. The molecule has 0 aliphatic rings. The molecule has 0 fully saturated rings. The predicted molar refractivity (Wildman–Crippen MR) is 70.9 cm³/mol. The van der Waals surface area contributed by atoms with E-state index in [2.05, 4.69) is 20.0 Å². The molecule has 8 heteroatoms. The topological polar surface area (TPSA) is 98.2 Å². The van der Waals surface area contributed by atoms with Crippen LogP contribution in [0.25, 0.3) is 0 Å². The number of aromatic nitrogens is 2. The van der Waals surface area contributed by atoms with Crippen LogP contribution in [0.1, 0.15) is 23.2 Å². The fourth-order valence-corrected chi connectivity index (χ4v) is 2.56. The third kappa shape index (κ3) is 5.21. The smallest absolute Gasteiger partial charge is 0.376 e. The highest BCUT2D eigenvalue weighted by Crippen LogP contribution is 2.09. The van der Waals surface area contributed by atoms with Crippen LogP contribution >= 0.6 is 0 Å². The molecule has 0 aromatic carbocycles. The minimum atomic E-state index is -3.08. The van der Waals surface area contributed by atoms with Crippen LogP contribution in [0, 0.1) is 6.92 Å². The van der Waals surface area contributed by atoms with Crippen molar-refractivity contribution >= 4 is 21.6 Å². The first-order valence-corrected chi connectivity index (χ1v) is 7.65. The van der Waals surface area contributed by atoms with Gasteiger partial charge in [-0.15, -0.1) is 0 Å². The number of carbonyl (C=O) groups excluding carboxylic acids is 1. The SMILES string of the molecule is COC(=O)c1nc(C)cc(NC(C)CS(C)(=O)=O)n1. The Morgan fingerprint density at radius 3 is 2.63 bits per heavy atom. The molecule has 0 saturated carbocycles. The molecule has 0 amide bonds. The molecule has 19 heavy (non-hydrogen) atoms. The van der Waals surface area contributed by atoms with Gasteiger partial charge in [0.25, 0.3) is 0 Å². The van der Waals surface area contributed by atoms with E-state index in [9.17, 15) is 13.2 Å². The number of hydrogen-bond acceptors (Lipinski definition) is 7. The van der Waals surface area contributed by atoms with Crippen molar-refractivity contribution in [1.29, 1.82) is 0 Å². The summed E-state index contributed by atoms with van der Waals surface area (Å²) in [6.07, 6.45) is 1.16. The fraction of sp³-hybridized carbons (Fsp3) is 0.545. The lowest BCUT2D eigenvalue weighted by atomic mass is 10.3. The summed E-state index contributed by atoms with van der Waals surface area (Å²) in [4.78, 5) is 19.3. The molecular weight excluding hydrogens is 270 g/mol. The van der Waals surface area contributed by atoms with Crippen LogP contribution in [-0.2, 0) is 14.6 Å². The van der Waals surface area contributed by atoms with Gasteiger partial charge in [0, 0.05) is 24.1 Å². The van der Waals surface area contributed by atoms with Gasteiger partial charge in [0.1, 0.15) is 15.7 Å². The molecule has 1 aromatic rings. The molecule has 7 nitrogen and oxygen atoms in total. The number of ether oxygens (including phenoxy) is 1. The first-order chi connectivity index (χ1) is 8.71. The molecule has 0 radical (unpaired) electrons. The van der Waals surface area contributed by atoms with Gasteiger partial charge in [-0.1, -0.05) is 0 Å². The molecule has 0 spiro atoms. The summed E-state index contributed by atoms with van der Waals surface area (Å²) in [5.41, 5.74) is 0.587. The molecular formula is C11H17N3O4S. The van der Waals surface area contributed by atoms with Crippen LogP contribution in [0.2, 0.25) is 0 Å². The maximum absolute atomic E-state index is 11.4. The van der Waals surface area contributed by atoms with Gasteiger partial charge < -0.3 is 10.1 Å². The highest BCUT2D eigenvalue weighted by atomic mass is 32.2.